The predicted octanol–water partition coefficient (Wildman–Crippen LogP) is 5.49. The highest BCUT2D eigenvalue weighted by atomic mass is 32.2. The molecule has 0 aliphatic carbocycles. The molecule has 1 amide bonds. The number of benzene rings is 1. The summed E-state index contributed by atoms with van der Waals surface area (Å²) in [5, 5.41) is 11.6. The van der Waals surface area contributed by atoms with E-state index in [9.17, 15) is 4.79 Å². The van der Waals surface area contributed by atoms with Gasteiger partial charge in [0.2, 0.25) is 5.89 Å². The van der Waals surface area contributed by atoms with Crippen molar-refractivity contribution >= 4 is 23.9 Å². The molecule has 1 heterocycles. The van der Waals surface area contributed by atoms with Crippen LogP contribution in [0, 0.1) is 5.92 Å². The van der Waals surface area contributed by atoms with Gasteiger partial charge in [0.15, 0.2) is 0 Å². The van der Waals surface area contributed by atoms with E-state index in [2.05, 4.69) is 34.6 Å². The molecule has 1 aromatic carbocycles. The van der Waals surface area contributed by atoms with Crippen LogP contribution in [0.4, 0.5) is 4.79 Å². The van der Waals surface area contributed by atoms with E-state index in [0.717, 1.165) is 12.0 Å². The minimum Gasteiger partial charge on any atom is -0.444 e. The van der Waals surface area contributed by atoms with E-state index < -0.39 is 11.7 Å². The van der Waals surface area contributed by atoms with E-state index in [1.54, 1.807) is 0 Å². The summed E-state index contributed by atoms with van der Waals surface area (Å²) in [4.78, 5) is 12.2. The largest absolute Gasteiger partial charge is 0.444 e. The molecular formula is C21H29N3O3S. The quantitative estimate of drug-likeness (QED) is 0.588. The van der Waals surface area contributed by atoms with Gasteiger partial charge in [-0.1, -0.05) is 74.5 Å². The van der Waals surface area contributed by atoms with Crippen LogP contribution in [0.1, 0.15) is 58.5 Å². The molecule has 2 atom stereocenters. The zero-order valence-electron chi connectivity index (χ0n) is 17.1. The van der Waals surface area contributed by atoms with Crippen LogP contribution < -0.4 is 5.32 Å². The van der Waals surface area contributed by atoms with Crippen LogP contribution in [-0.4, -0.2) is 27.6 Å². The Morgan fingerprint density at radius 1 is 1.29 bits per heavy atom. The van der Waals surface area contributed by atoms with Crippen molar-refractivity contribution in [2.75, 3.05) is 5.75 Å². The first kappa shape index (κ1) is 22.0. The molecule has 0 fully saturated rings. The molecule has 0 aliphatic heterocycles. The molecule has 7 heteroatoms. The minimum absolute atomic E-state index is 0.129. The molecule has 1 aromatic heterocycles. The van der Waals surface area contributed by atoms with Gasteiger partial charge in [0.05, 0.1) is 0 Å². The molecule has 2 rings (SSSR count). The number of thioether (sulfide) groups is 1. The Labute approximate surface area is 171 Å². The lowest BCUT2D eigenvalue weighted by Crippen LogP contribution is -2.37. The first-order valence-corrected chi connectivity index (χ1v) is 10.4. The van der Waals surface area contributed by atoms with Crippen molar-refractivity contribution in [2.24, 2.45) is 5.92 Å². The van der Waals surface area contributed by atoms with E-state index in [1.807, 2.05) is 58.0 Å². The average molecular weight is 404 g/mol. The number of nitrogens with zero attached hydrogens (tertiary/aromatic N) is 2. The maximum atomic E-state index is 12.2. The third kappa shape index (κ3) is 7.38. The van der Waals surface area contributed by atoms with E-state index in [1.165, 1.54) is 11.8 Å². The van der Waals surface area contributed by atoms with Gasteiger partial charge < -0.3 is 14.5 Å². The van der Waals surface area contributed by atoms with Gasteiger partial charge in [0.1, 0.15) is 11.6 Å². The SMILES string of the molecule is CC[C@@H](C)[C@H](NC(=O)OC(C)(C)C)c1nnc(SC/C=C/c2ccccc2)o1. The highest BCUT2D eigenvalue weighted by Gasteiger charge is 2.28. The van der Waals surface area contributed by atoms with Crippen molar-refractivity contribution in [3.63, 3.8) is 0 Å². The van der Waals surface area contributed by atoms with Gasteiger partial charge in [0, 0.05) is 5.75 Å². The maximum Gasteiger partial charge on any atom is 0.408 e. The number of nitrogens with one attached hydrogen (secondary N) is 1. The number of ether oxygens (including phenoxy) is 1. The number of rotatable bonds is 8. The minimum atomic E-state index is -0.564. The van der Waals surface area contributed by atoms with Crippen molar-refractivity contribution in [2.45, 2.75) is 57.9 Å². The van der Waals surface area contributed by atoms with Crippen LogP contribution >= 0.6 is 11.8 Å². The molecule has 6 nitrogen and oxygen atoms in total. The fraction of sp³-hybridized carbons (Fsp3) is 0.476. The van der Waals surface area contributed by atoms with Crippen LogP contribution in [0.2, 0.25) is 0 Å². The lowest BCUT2D eigenvalue weighted by Gasteiger charge is -2.24. The normalized spacial score (nSPS) is 14.0. The third-order valence-electron chi connectivity index (χ3n) is 3.99. The molecule has 0 radical (unpaired) electrons. The van der Waals surface area contributed by atoms with Crippen molar-refractivity contribution in [1.82, 2.24) is 15.5 Å². The van der Waals surface area contributed by atoms with Gasteiger partial charge in [-0.2, -0.15) is 0 Å². The summed E-state index contributed by atoms with van der Waals surface area (Å²) in [7, 11) is 0. The zero-order chi connectivity index (χ0) is 20.6. The number of hydrogen-bond donors (Lipinski definition) is 1. The van der Waals surface area contributed by atoms with Crippen LogP contribution in [0.5, 0.6) is 0 Å². The summed E-state index contributed by atoms with van der Waals surface area (Å²) in [6, 6.07) is 9.70. The number of alkyl carbamates (subject to hydrolysis) is 1. The Kier molecular flexibility index (Phi) is 8.11. The zero-order valence-corrected chi connectivity index (χ0v) is 18.0. The third-order valence-corrected chi connectivity index (χ3v) is 4.76. The smallest absolute Gasteiger partial charge is 0.408 e. The van der Waals surface area contributed by atoms with E-state index in [4.69, 9.17) is 9.15 Å². The fourth-order valence-corrected chi connectivity index (χ4v) is 2.97. The Balaban J connectivity index is 1.97. The summed E-state index contributed by atoms with van der Waals surface area (Å²) in [6.07, 6.45) is 4.46. The second kappa shape index (κ2) is 10.3. The summed E-state index contributed by atoms with van der Waals surface area (Å²) < 4.78 is 11.1. The monoisotopic (exact) mass is 403 g/mol. The maximum absolute atomic E-state index is 12.2. The molecule has 0 spiro atoms. The van der Waals surface area contributed by atoms with E-state index in [0.29, 0.717) is 16.9 Å². The standard InChI is InChI=1S/C21H29N3O3S/c1-6-15(2)17(22-19(25)27-21(3,4)5)18-23-24-20(26-18)28-14-10-13-16-11-8-7-9-12-16/h7-13,15,17H,6,14H2,1-5H3,(H,22,25)/b13-10+/t15-,17+/m1/s1. The number of carbonyl (C=O) groups is 1. The molecule has 0 aliphatic rings. The molecule has 28 heavy (non-hydrogen) atoms. The highest BCUT2D eigenvalue weighted by molar-refractivity contribution is 7.99. The van der Waals surface area contributed by atoms with Gasteiger partial charge in [-0.3, -0.25) is 0 Å². The lowest BCUT2D eigenvalue weighted by molar-refractivity contribution is 0.0474. The summed E-state index contributed by atoms with van der Waals surface area (Å²) in [6.45, 7) is 9.57. The van der Waals surface area contributed by atoms with Crippen molar-refractivity contribution in [3.8, 4) is 0 Å². The van der Waals surface area contributed by atoms with Crippen LogP contribution in [-0.2, 0) is 4.74 Å². The topological polar surface area (TPSA) is 77.2 Å². The van der Waals surface area contributed by atoms with Crippen LogP contribution in [0.15, 0.2) is 46.0 Å². The Morgan fingerprint density at radius 2 is 2.00 bits per heavy atom. The van der Waals surface area contributed by atoms with Gasteiger partial charge >= 0.3 is 6.09 Å². The lowest BCUT2D eigenvalue weighted by atomic mass is 9.99. The average Bonchev–Trinajstić information content (AvgIpc) is 3.10. The Morgan fingerprint density at radius 3 is 2.64 bits per heavy atom. The molecule has 0 saturated heterocycles. The molecule has 1 N–H and O–H groups in total. The van der Waals surface area contributed by atoms with E-state index >= 15 is 0 Å². The van der Waals surface area contributed by atoms with Crippen molar-refractivity contribution < 1.29 is 13.9 Å². The molecule has 0 saturated carbocycles. The molecular weight excluding hydrogens is 374 g/mol. The Hall–Kier alpha value is -2.28. The number of hydrogen-bond acceptors (Lipinski definition) is 6. The summed E-state index contributed by atoms with van der Waals surface area (Å²) in [5.74, 6) is 1.24. The van der Waals surface area contributed by atoms with Gasteiger partial charge in [-0.25, -0.2) is 4.79 Å². The molecule has 2 aromatic rings. The highest BCUT2D eigenvalue weighted by Crippen LogP contribution is 2.27. The summed E-state index contributed by atoms with van der Waals surface area (Å²) in [5.41, 5.74) is 0.582. The van der Waals surface area contributed by atoms with Crippen LogP contribution in [0.3, 0.4) is 0 Å². The van der Waals surface area contributed by atoms with Crippen LogP contribution in [0.25, 0.3) is 6.08 Å². The van der Waals surface area contributed by atoms with Gasteiger partial charge in [0.25, 0.3) is 5.22 Å². The number of aromatic nitrogens is 2. The fourth-order valence-electron chi connectivity index (χ4n) is 2.39. The second-order valence-corrected chi connectivity index (χ2v) is 8.51. The van der Waals surface area contributed by atoms with Gasteiger partial charge in [-0.05, 0) is 32.3 Å². The summed E-state index contributed by atoms with van der Waals surface area (Å²) >= 11 is 1.46. The Bertz CT molecular complexity index is 769. The van der Waals surface area contributed by atoms with Gasteiger partial charge in [-0.15, -0.1) is 10.2 Å². The molecule has 152 valence electrons. The van der Waals surface area contributed by atoms with Crippen molar-refractivity contribution in [3.05, 3.63) is 47.9 Å². The first-order valence-electron chi connectivity index (χ1n) is 9.45. The second-order valence-electron chi connectivity index (χ2n) is 7.54. The van der Waals surface area contributed by atoms with E-state index in [-0.39, 0.29) is 12.0 Å². The number of carbonyl (C=O) groups excluding carboxylic acids is 1. The predicted molar refractivity (Wildman–Crippen MR) is 112 cm³/mol. The number of amides is 1. The molecule has 0 bridgehead atoms. The molecule has 0 unspecified atom stereocenters. The first-order chi connectivity index (χ1) is 13.3. The van der Waals surface area contributed by atoms with Crippen molar-refractivity contribution in [1.29, 1.82) is 0 Å².